The van der Waals surface area contributed by atoms with E-state index >= 15 is 0 Å². The molecule has 6 heteroatoms. The third-order valence-electron chi connectivity index (χ3n) is 1.23. The summed E-state index contributed by atoms with van der Waals surface area (Å²) in [5.41, 5.74) is 4.97. The second kappa shape index (κ2) is 3.86. The largest absolute Gasteiger partial charge is 0.351 e. The highest BCUT2D eigenvalue weighted by atomic mass is 35.5. The Bertz CT molecular complexity index is 336. The van der Waals surface area contributed by atoms with Crippen LogP contribution in [-0.4, -0.2) is 16.9 Å². The third-order valence-corrected chi connectivity index (χ3v) is 1.45. The molecular formula is C7H6ClN3O2. The van der Waals surface area contributed by atoms with Crippen molar-refractivity contribution in [3.05, 3.63) is 29.0 Å². The zero-order valence-electron chi connectivity index (χ0n) is 6.45. The number of hydrogen-bond acceptors (Lipinski definition) is 3. The summed E-state index contributed by atoms with van der Waals surface area (Å²) in [5, 5.41) is 2.17. The molecule has 1 aromatic rings. The number of nitrogens with one attached hydrogen (secondary N) is 1. The number of pyridine rings is 1. The Morgan fingerprint density at radius 3 is 2.62 bits per heavy atom. The number of urea groups is 1. The van der Waals surface area contributed by atoms with E-state index in [1.165, 1.54) is 18.3 Å². The molecule has 0 bridgehead atoms. The van der Waals surface area contributed by atoms with E-state index in [-0.39, 0.29) is 10.7 Å². The predicted molar refractivity (Wildman–Crippen MR) is 46.3 cm³/mol. The number of rotatable bonds is 1. The Hall–Kier alpha value is -1.62. The van der Waals surface area contributed by atoms with E-state index in [1.54, 1.807) is 0 Å². The molecule has 13 heavy (non-hydrogen) atoms. The first-order chi connectivity index (χ1) is 6.09. The lowest BCUT2D eigenvalue weighted by Gasteiger charge is -1.99. The van der Waals surface area contributed by atoms with Crippen LogP contribution in [0.3, 0.4) is 0 Å². The highest BCUT2D eigenvalue weighted by Crippen LogP contribution is 2.04. The summed E-state index contributed by atoms with van der Waals surface area (Å²) in [6, 6.07) is 1.98. The van der Waals surface area contributed by atoms with Crippen LogP contribution in [0.15, 0.2) is 18.3 Å². The zero-order valence-corrected chi connectivity index (χ0v) is 7.21. The third kappa shape index (κ3) is 2.72. The molecule has 0 aromatic carbocycles. The molecule has 1 heterocycles. The monoisotopic (exact) mass is 199 g/mol. The minimum atomic E-state index is -0.903. The minimum absolute atomic E-state index is 0.225. The maximum absolute atomic E-state index is 11.1. The van der Waals surface area contributed by atoms with E-state index in [9.17, 15) is 9.59 Å². The van der Waals surface area contributed by atoms with Gasteiger partial charge in [0.15, 0.2) is 0 Å². The van der Waals surface area contributed by atoms with Gasteiger partial charge in [0.1, 0.15) is 5.15 Å². The summed E-state index contributed by atoms with van der Waals surface area (Å²) in [6.45, 7) is 0. The number of primary amides is 1. The SMILES string of the molecule is NC(=O)NC(=O)c1ccc(Cl)nc1. The van der Waals surface area contributed by atoms with Crippen LogP contribution >= 0.6 is 11.6 Å². The Morgan fingerprint density at radius 1 is 1.46 bits per heavy atom. The number of nitrogens with two attached hydrogens (primary N) is 1. The summed E-state index contributed by atoms with van der Waals surface area (Å²) in [5.74, 6) is -0.600. The van der Waals surface area contributed by atoms with E-state index < -0.39 is 11.9 Å². The average Bonchev–Trinajstić information content (AvgIpc) is 2.04. The summed E-state index contributed by atoms with van der Waals surface area (Å²) in [6.07, 6.45) is 1.25. The molecule has 0 spiro atoms. The van der Waals surface area contributed by atoms with Crippen molar-refractivity contribution in [2.24, 2.45) is 5.73 Å². The molecule has 0 aliphatic carbocycles. The Labute approximate surface area is 78.9 Å². The van der Waals surface area contributed by atoms with Crippen LogP contribution in [0.25, 0.3) is 0 Å². The van der Waals surface area contributed by atoms with Crippen LogP contribution in [0.5, 0.6) is 0 Å². The molecule has 1 rings (SSSR count). The van der Waals surface area contributed by atoms with Gasteiger partial charge >= 0.3 is 6.03 Å². The number of carbonyl (C=O) groups is 2. The van der Waals surface area contributed by atoms with Gasteiger partial charge in [0.05, 0.1) is 5.56 Å². The van der Waals surface area contributed by atoms with Crippen LogP contribution in [0.2, 0.25) is 5.15 Å². The summed E-state index contributed by atoms with van der Waals surface area (Å²) in [7, 11) is 0. The second-order valence-electron chi connectivity index (χ2n) is 2.19. The molecule has 1 aromatic heterocycles. The number of carbonyl (C=O) groups excluding carboxylic acids is 2. The van der Waals surface area contributed by atoms with Crippen LogP contribution in [0.1, 0.15) is 10.4 Å². The first kappa shape index (κ1) is 9.47. The van der Waals surface area contributed by atoms with E-state index in [0.717, 1.165) is 0 Å². The van der Waals surface area contributed by atoms with Gasteiger partial charge in [-0.05, 0) is 12.1 Å². The Kier molecular flexibility index (Phi) is 2.81. The smallest absolute Gasteiger partial charge is 0.319 e. The van der Waals surface area contributed by atoms with Crippen LogP contribution < -0.4 is 11.1 Å². The van der Waals surface area contributed by atoms with Crippen molar-refractivity contribution in [3.63, 3.8) is 0 Å². The van der Waals surface area contributed by atoms with Crippen molar-refractivity contribution in [1.29, 1.82) is 0 Å². The van der Waals surface area contributed by atoms with Gasteiger partial charge in [-0.3, -0.25) is 10.1 Å². The lowest BCUT2D eigenvalue weighted by Crippen LogP contribution is -2.34. The number of halogens is 1. The van der Waals surface area contributed by atoms with E-state index in [2.05, 4.69) is 4.98 Å². The van der Waals surface area contributed by atoms with Gasteiger partial charge < -0.3 is 5.73 Å². The van der Waals surface area contributed by atoms with Crippen molar-refractivity contribution in [2.45, 2.75) is 0 Å². The molecule has 0 aliphatic rings. The van der Waals surface area contributed by atoms with Crippen LogP contribution in [-0.2, 0) is 0 Å². The fourth-order valence-corrected chi connectivity index (χ4v) is 0.806. The van der Waals surface area contributed by atoms with Crippen molar-refractivity contribution in [2.75, 3.05) is 0 Å². The van der Waals surface area contributed by atoms with Gasteiger partial charge in [-0.2, -0.15) is 0 Å². The number of aromatic nitrogens is 1. The fourth-order valence-electron chi connectivity index (χ4n) is 0.694. The van der Waals surface area contributed by atoms with Gasteiger partial charge in [-0.1, -0.05) is 11.6 Å². The number of nitrogens with zero attached hydrogens (tertiary/aromatic N) is 1. The molecule has 0 saturated carbocycles. The fraction of sp³-hybridized carbons (Fsp3) is 0. The van der Waals surface area contributed by atoms with Crippen molar-refractivity contribution < 1.29 is 9.59 Å². The van der Waals surface area contributed by atoms with Gasteiger partial charge in [0.2, 0.25) is 0 Å². The standard InChI is InChI=1S/C7H6ClN3O2/c8-5-2-1-4(3-10-5)6(12)11-7(9)13/h1-3H,(H3,9,11,12,13). The highest BCUT2D eigenvalue weighted by molar-refractivity contribution is 6.29. The van der Waals surface area contributed by atoms with Gasteiger partial charge in [0, 0.05) is 6.20 Å². The number of hydrogen-bond donors (Lipinski definition) is 2. The predicted octanol–water partition coefficient (Wildman–Crippen LogP) is 0.543. The van der Waals surface area contributed by atoms with Crippen molar-refractivity contribution in [3.8, 4) is 0 Å². The first-order valence-electron chi connectivity index (χ1n) is 3.32. The van der Waals surface area contributed by atoms with Crippen LogP contribution in [0.4, 0.5) is 4.79 Å². The van der Waals surface area contributed by atoms with Gasteiger partial charge in [0.25, 0.3) is 5.91 Å². The maximum Gasteiger partial charge on any atom is 0.319 e. The molecule has 0 saturated heterocycles. The lowest BCUT2D eigenvalue weighted by molar-refractivity contribution is 0.0966. The van der Waals surface area contributed by atoms with Crippen molar-refractivity contribution >= 4 is 23.5 Å². The topological polar surface area (TPSA) is 85.1 Å². The van der Waals surface area contributed by atoms with E-state index in [4.69, 9.17) is 17.3 Å². The van der Waals surface area contributed by atoms with E-state index in [1.807, 2.05) is 5.32 Å². The quantitative estimate of drug-likeness (QED) is 0.648. The zero-order chi connectivity index (χ0) is 9.84. The van der Waals surface area contributed by atoms with Gasteiger partial charge in [-0.25, -0.2) is 9.78 Å². The van der Waals surface area contributed by atoms with Crippen molar-refractivity contribution in [1.82, 2.24) is 10.3 Å². The average molecular weight is 200 g/mol. The molecule has 0 unspecified atom stereocenters. The molecular weight excluding hydrogens is 194 g/mol. The molecule has 0 aliphatic heterocycles. The second-order valence-corrected chi connectivity index (χ2v) is 2.58. The molecule has 0 fully saturated rings. The maximum atomic E-state index is 11.1. The molecule has 0 radical (unpaired) electrons. The Balaban J connectivity index is 2.78. The summed E-state index contributed by atoms with van der Waals surface area (Å²) in [4.78, 5) is 25.0. The van der Waals surface area contributed by atoms with E-state index in [0.29, 0.717) is 0 Å². The normalized spacial score (nSPS) is 9.31. The molecule has 3 N–H and O–H groups in total. The lowest BCUT2D eigenvalue weighted by atomic mass is 10.3. The Morgan fingerprint density at radius 2 is 2.15 bits per heavy atom. The number of amides is 3. The van der Waals surface area contributed by atoms with Gasteiger partial charge in [-0.15, -0.1) is 0 Å². The summed E-state index contributed by atoms with van der Waals surface area (Å²) < 4.78 is 0. The molecule has 3 amide bonds. The number of imide groups is 1. The molecule has 5 nitrogen and oxygen atoms in total. The summed E-state index contributed by atoms with van der Waals surface area (Å²) >= 11 is 5.49. The highest BCUT2D eigenvalue weighted by Gasteiger charge is 2.07. The van der Waals surface area contributed by atoms with Crippen LogP contribution in [0, 0.1) is 0 Å². The minimum Gasteiger partial charge on any atom is -0.351 e. The molecule has 0 atom stereocenters. The molecule has 68 valence electrons. The first-order valence-corrected chi connectivity index (χ1v) is 3.70.